The van der Waals surface area contributed by atoms with Gasteiger partial charge in [-0.15, -0.1) is 0 Å². The summed E-state index contributed by atoms with van der Waals surface area (Å²) >= 11 is 0. The van der Waals surface area contributed by atoms with Crippen LogP contribution in [0.2, 0.25) is 0 Å². The lowest BCUT2D eigenvalue weighted by Crippen LogP contribution is -2.47. The Balaban J connectivity index is 1.68. The third-order valence-corrected chi connectivity index (χ3v) is 4.73. The average molecular weight is 386 g/mol. The van der Waals surface area contributed by atoms with Crippen molar-refractivity contribution in [3.63, 3.8) is 0 Å². The molecular weight excluding hydrogens is 364 g/mol. The van der Waals surface area contributed by atoms with Gasteiger partial charge in [0, 0.05) is 18.5 Å². The maximum Gasteiger partial charge on any atom is 0.360 e. The summed E-state index contributed by atoms with van der Waals surface area (Å²) in [6, 6.07) is 5.97. The number of amides is 3. The number of urea groups is 1. The Hall–Kier alpha value is -3.23. The zero-order valence-electron chi connectivity index (χ0n) is 15.7. The zero-order chi connectivity index (χ0) is 20.3. The first-order chi connectivity index (χ1) is 13.4. The molecule has 0 saturated heterocycles. The van der Waals surface area contributed by atoms with Gasteiger partial charge in [0.1, 0.15) is 0 Å². The fourth-order valence-corrected chi connectivity index (χ4v) is 3.23. The third-order valence-electron chi connectivity index (χ3n) is 4.73. The quantitative estimate of drug-likeness (QED) is 0.763. The summed E-state index contributed by atoms with van der Waals surface area (Å²) < 4.78 is 6.20. The van der Waals surface area contributed by atoms with E-state index in [4.69, 9.17) is 4.74 Å². The number of carbonyl (C=O) groups is 3. The SMILES string of the molecule is C[C@H](OC(=O)c1nn(C)c(=O)c2ccccc12)C(=O)NC(=O)NC1CCCC1. The minimum Gasteiger partial charge on any atom is -0.448 e. The topological polar surface area (TPSA) is 119 Å². The van der Waals surface area contributed by atoms with Crippen molar-refractivity contribution in [3.05, 3.63) is 40.3 Å². The van der Waals surface area contributed by atoms with E-state index < -0.39 is 24.0 Å². The number of nitrogens with one attached hydrogen (secondary N) is 2. The van der Waals surface area contributed by atoms with E-state index in [1.165, 1.54) is 14.0 Å². The van der Waals surface area contributed by atoms with E-state index in [9.17, 15) is 19.2 Å². The third kappa shape index (κ3) is 4.19. The predicted molar refractivity (Wildman–Crippen MR) is 101 cm³/mol. The van der Waals surface area contributed by atoms with Crippen molar-refractivity contribution in [2.75, 3.05) is 0 Å². The molecule has 1 heterocycles. The lowest BCUT2D eigenvalue weighted by atomic mass is 10.1. The van der Waals surface area contributed by atoms with Crippen LogP contribution in [0.3, 0.4) is 0 Å². The average Bonchev–Trinajstić information content (AvgIpc) is 3.17. The summed E-state index contributed by atoms with van der Waals surface area (Å²) in [6.45, 7) is 1.36. The van der Waals surface area contributed by atoms with Crippen molar-refractivity contribution in [2.24, 2.45) is 7.05 Å². The van der Waals surface area contributed by atoms with E-state index >= 15 is 0 Å². The molecule has 28 heavy (non-hydrogen) atoms. The molecule has 0 unspecified atom stereocenters. The first-order valence-corrected chi connectivity index (χ1v) is 9.15. The Kier molecular flexibility index (Phi) is 5.72. The van der Waals surface area contributed by atoms with E-state index in [-0.39, 0.29) is 17.3 Å². The summed E-state index contributed by atoms with van der Waals surface area (Å²) in [5, 5.41) is 9.52. The zero-order valence-corrected chi connectivity index (χ0v) is 15.7. The van der Waals surface area contributed by atoms with Gasteiger partial charge < -0.3 is 10.1 Å². The molecule has 0 radical (unpaired) electrons. The lowest BCUT2D eigenvalue weighted by molar-refractivity contribution is -0.127. The molecule has 2 aromatic rings. The molecule has 1 fully saturated rings. The number of aryl methyl sites for hydroxylation is 1. The summed E-state index contributed by atoms with van der Waals surface area (Å²) in [5.41, 5.74) is -0.422. The fraction of sp³-hybridized carbons (Fsp3) is 0.421. The van der Waals surface area contributed by atoms with Crippen LogP contribution in [-0.2, 0) is 16.6 Å². The largest absolute Gasteiger partial charge is 0.448 e. The van der Waals surface area contributed by atoms with Crippen LogP contribution in [0.15, 0.2) is 29.1 Å². The Morgan fingerprint density at radius 2 is 1.82 bits per heavy atom. The van der Waals surface area contributed by atoms with Gasteiger partial charge in [-0.25, -0.2) is 14.3 Å². The van der Waals surface area contributed by atoms with Crippen LogP contribution in [0, 0.1) is 0 Å². The van der Waals surface area contributed by atoms with Crippen LogP contribution >= 0.6 is 0 Å². The van der Waals surface area contributed by atoms with Crippen molar-refractivity contribution < 1.29 is 19.1 Å². The van der Waals surface area contributed by atoms with Gasteiger partial charge in [-0.2, -0.15) is 5.10 Å². The van der Waals surface area contributed by atoms with Crippen LogP contribution in [0.4, 0.5) is 4.79 Å². The monoisotopic (exact) mass is 386 g/mol. The summed E-state index contributed by atoms with van der Waals surface area (Å²) in [7, 11) is 1.43. The summed E-state index contributed by atoms with van der Waals surface area (Å²) in [5.74, 6) is -1.59. The van der Waals surface area contributed by atoms with Crippen LogP contribution in [-0.4, -0.2) is 39.8 Å². The first kappa shape index (κ1) is 19.5. The van der Waals surface area contributed by atoms with Gasteiger partial charge in [0.25, 0.3) is 11.5 Å². The van der Waals surface area contributed by atoms with Crippen molar-refractivity contribution >= 4 is 28.7 Å². The van der Waals surface area contributed by atoms with Crippen molar-refractivity contribution in [2.45, 2.75) is 44.8 Å². The predicted octanol–water partition coefficient (Wildman–Crippen LogP) is 1.25. The number of nitrogens with zero attached hydrogens (tertiary/aromatic N) is 2. The second kappa shape index (κ2) is 8.20. The molecule has 148 valence electrons. The Labute approximate surface area is 161 Å². The van der Waals surface area contributed by atoms with Crippen LogP contribution in [0.5, 0.6) is 0 Å². The van der Waals surface area contributed by atoms with Gasteiger partial charge in [0.05, 0.1) is 5.39 Å². The number of rotatable bonds is 4. The number of benzene rings is 1. The van der Waals surface area contributed by atoms with E-state index in [0.29, 0.717) is 10.8 Å². The highest BCUT2D eigenvalue weighted by Gasteiger charge is 2.25. The van der Waals surface area contributed by atoms with Crippen LogP contribution < -0.4 is 16.2 Å². The molecular formula is C19H22N4O5. The highest BCUT2D eigenvalue weighted by molar-refractivity contribution is 6.03. The minimum atomic E-state index is -1.21. The standard InChI is InChI=1S/C19H22N4O5/c1-11(16(24)21-19(27)20-12-7-3-4-8-12)28-18(26)15-13-9-5-6-10-14(13)17(25)23(2)22-15/h5-6,9-12H,3-4,7-8H2,1-2H3,(H2,20,21,24,27)/t11-/m0/s1. The molecule has 1 atom stereocenters. The molecule has 0 bridgehead atoms. The number of imide groups is 1. The normalized spacial score (nSPS) is 15.2. The van der Waals surface area contributed by atoms with E-state index in [1.54, 1.807) is 24.3 Å². The highest BCUT2D eigenvalue weighted by atomic mass is 16.5. The first-order valence-electron chi connectivity index (χ1n) is 9.15. The second-order valence-corrected chi connectivity index (χ2v) is 6.81. The molecule has 3 rings (SSSR count). The van der Waals surface area contributed by atoms with E-state index in [0.717, 1.165) is 30.4 Å². The molecule has 1 saturated carbocycles. The fourth-order valence-electron chi connectivity index (χ4n) is 3.23. The summed E-state index contributed by atoms with van der Waals surface area (Å²) in [6.07, 6.45) is 2.66. The molecule has 1 aromatic carbocycles. The Bertz CT molecular complexity index is 978. The number of carbonyl (C=O) groups excluding carboxylic acids is 3. The number of hydrogen-bond donors (Lipinski definition) is 2. The second-order valence-electron chi connectivity index (χ2n) is 6.81. The van der Waals surface area contributed by atoms with Gasteiger partial charge in [0.2, 0.25) is 0 Å². The van der Waals surface area contributed by atoms with Crippen molar-refractivity contribution in [3.8, 4) is 0 Å². The van der Waals surface area contributed by atoms with E-state index in [2.05, 4.69) is 15.7 Å². The minimum absolute atomic E-state index is 0.0619. The van der Waals surface area contributed by atoms with Gasteiger partial charge in [-0.05, 0) is 25.8 Å². The molecule has 1 aliphatic carbocycles. The van der Waals surface area contributed by atoms with Gasteiger partial charge in [-0.3, -0.25) is 14.9 Å². The summed E-state index contributed by atoms with van der Waals surface area (Å²) in [4.78, 5) is 48.7. The van der Waals surface area contributed by atoms with Gasteiger partial charge in [0.15, 0.2) is 11.8 Å². The van der Waals surface area contributed by atoms with Gasteiger partial charge >= 0.3 is 12.0 Å². The molecule has 1 aromatic heterocycles. The lowest BCUT2D eigenvalue weighted by Gasteiger charge is -2.16. The molecule has 9 heteroatoms. The molecule has 3 amide bonds. The van der Waals surface area contributed by atoms with Crippen LogP contribution in [0.1, 0.15) is 43.1 Å². The molecule has 0 aliphatic heterocycles. The smallest absolute Gasteiger partial charge is 0.360 e. The van der Waals surface area contributed by atoms with Crippen molar-refractivity contribution in [1.82, 2.24) is 20.4 Å². The molecule has 0 spiro atoms. The maximum absolute atomic E-state index is 12.5. The number of ether oxygens (including phenoxy) is 1. The number of esters is 1. The van der Waals surface area contributed by atoms with E-state index in [1.807, 2.05) is 0 Å². The molecule has 2 N–H and O–H groups in total. The Morgan fingerprint density at radius 1 is 1.18 bits per heavy atom. The maximum atomic E-state index is 12.5. The number of aromatic nitrogens is 2. The molecule has 9 nitrogen and oxygen atoms in total. The highest BCUT2D eigenvalue weighted by Crippen LogP contribution is 2.17. The number of fused-ring (bicyclic) bond motifs is 1. The molecule has 1 aliphatic rings. The van der Waals surface area contributed by atoms with Gasteiger partial charge in [-0.1, -0.05) is 31.0 Å². The van der Waals surface area contributed by atoms with Crippen molar-refractivity contribution in [1.29, 1.82) is 0 Å². The number of hydrogen-bond acceptors (Lipinski definition) is 6. The Morgan fingerprint density at radius 3 is 2.50 bits per heavy atom. The van der Waals surface area contributed by atoms with Crippen LogP contribution in [0.25, 0.3) is 10.8 Å².